The summed E-state index contributed by atoms with van der Waals surface area (Å²) in [6.45, 7) is 4.05. The molecule has 2 aromatic rings. The number of nitrogens with one attached hydrogen (secondary N) is 1. The van der Waals surface area contributed by atoms with Crippen LogP contribution in [0, 0.1) is 0 Å². The van der Waals surface area contributed by atoms with Gasteiger partial charge in [-0.2, -0.15) is 4.31 Å². The van der Waals surface area contributed by atoms with Crippen LogP contribution in [0.4, 0.5) is 0 Å². The fourth-order valence-electron chi connectivity index (χ4n) is 3.61. The first kappa shape index (κ1) is 23.2. The third-order valence-corrected chi connectivity index (χ3v) is 7.24. The van der Waals surface area contributed by atoms with E-state index in [-0.39, 0.29) is 42.9 Å². The summed E-state index contributed by atoms with van der Waals surface area (Å²) in [7, 11) is -1.89. The van der Waals surface area contributed by atoms with Crippen LogP contribution in [-0.2, 0) is 19.6 Å². The molecule has 1 heterocycles. The van der Waals surface area contributed by atoms with Crippen LogP contribution in [0.3, 0.4) is 0 Å². The SMILES string of the molecule is CCCNC(=O)CN(C)CC(=O)N1CCN(S(=O)(=O)c2ccc3ccccc3c2)CC1. The molecule has 2 aromatic carbocycles. The van der Waals surface area contributed by atoms with Gasteiger partial charge in [0, 0.05) is 32.7 Å². The first-order valence-electron chi connectivity index (χ1n) is 10.5. The number of sulfonamides is 1. The largest absolute Gasteiger partial charge is 0.355 e. The highest BCUT2D eigenvalue weighted by atomic mass is 32.2. The van der Waals surface area contributed by atoms with E-state index in [4.69, 9.17) is 0 Å². The Morgan fingerprint density at radius 3 is 2.35 bits per heavy atom. The molecule has 1 aliphatic rings. The van der Waals surface area contributed by atoms with Gasteiger partial charge in [-0.1, -0.05) is 37.3 Å². The summed E-state index contributed by atoms with van der Waals surface area (Å²) in [4.78, 5) is 27.9. The molecule has 0 saturated carbocycles. The number of amides is 2. The van der Waals surface area contributed by atoms with E-state index in [1.807, 2.05) is 37.3 Å². The van der Waals surface area contributed by atoms with Crippen molar-refractivity contribution in [1.82, 2.24) is 19.4 Å². The van der Waals surface area contributed by atoms with Gasteiger partial charge in [-0.3, -0.25) is 14.5 Å². The number of rotatable bonds is 8. The lowest BCUT2D eigenvalue weighted by molar-refractivity contribution is -0.133. The molecule has 168 valence electrons. The molecule has 0 spiro atoms. The zero-order chi connectivity index (χ0) is 22.4. The van der Waals surface area contributed by atoms with Gasteiger partial charge in [-0.05, 0) is 36.4 Å². The number of nitrogens with zero attached hydrogens (tertiary/aromatic N) is 3. The molecular weight excluding hydrogens is 416 g/mol. The summed E-state index contributed by atoms with van der Waals surface area (Å²) in [5.41, 5.74) is 0. The van der Waals surface area contributed by atoms with Crippen LogP contribution in [0.25, 0.3) is 10.8 Å². The Bertz CT molecular complexity index is 1030. The number of carbonyl (C=O) groups is 2. The fraction of sp³-hybridized carbons (Fsp3) is 0.455. The highest BCUT2D eigenvalue weighted by Crippen LogP contribution is 2.22. The normalized spacial score (nSPS) is 15.4. The summed E-state index contributed by atoms with van der Waals surface area (Å²) < 4.78 is 27.6. The van der Waals surface area contributed by atoms with E-state index < -0.39 is 10.0 Å². The molecular formula is C22H30N4O4S. The predicted molar refractivity (Wildman–Crippen MR) is 120 cm³/mol. The maximum atomic E-state index is 13.1. The molecule has 0 radical (unpaired) electrons. The molecule has 0 bridgehead atoms. The maximum Gasteiger partial charge on any atom is 0.243 e. The van der Waals surface area contributed by atoms with Crippen molar-refractivity contribution in [2.24, 2.45) is 0 Å². The Labute approximate surface area is 183 Å². The van der Waals surface area contributed by atoms with Gasteiger partial charge >= 0.3 is 0 Å². The molecule has 0 aromatic heterocycles. The summed E-state index contributed by atoms with van der Waals surface area (Å²) >= 11 is 0. The zero-order valence-corrected chi connectivity index (χ0v) is 18.9. The molecule has 31 heavy (non-hydrogen) atoms. The maximum absolute atomic E-state index is 13.1. The van der Waals surface area contributed by atoms with Crippen molar-refractivity contribution in [2.75, 3.05) is 52.9 Å². The van der Waals surface area contributed by atoms with Gasteiger partial charge in [0.2, 0.25) is 21.8 Å². The molecule has 2 amide bonds. The average molecular weight is 447 g/mol. The lowest BCUT2D eigenvalue weighted by atomic mass is 10.1. The van der Waals surface area contributed by atoms with Crippen molar-refractivity contribution in [3.05, 3.63) is 42.5 Å². The Hall–Kier alpha value is -2.49. The van der Waals surface area contributed by atoms with Crippen molar-refractivity contribution in [1.29, 1.82) is 0 Å². The second-order valence-electron chi connectivity index (χ2n) is 7.82. The van der Waals surface area contributed by atoms with Crippen LogP contribution >= 0.6 is 0 Å². The average Bonchev–Trinajstić information content (AvgIpc) is 2.77. The third kappa shape index (κ3) is 5.81. The van der Waals surface area contributed by atoms with Crippen molar-refractivity contribution in [3.8, 4) is 0 Å². The molecule has 1 N–H and O–H groups in total. The van der Waals surface area contributed by atoms with Crippen LogP contribution < -0.4 is 5.32 Å². The number of carbonyl (C=O) groups excluding carboxylic acids is 2. The minimum Gasteiger partial charge on any atom is -0.355 e. The van der Waals surface area contributed by atoms with E-state index in [1.165, 1.54) is 4.31 Å². The van der Waals surface area contributed by atoms with Gasteiger partial charge in [0.25, 0.3) is 0 Å². The van der Waals surface area contributed by atoms with Crippen molar-refractivity contribution in [3.63, 3.8) is 0 Å². The number of fused-ring (bicyclic) bond motifs is 1. The van der Waals surface area contributed by atoms with E-state index in [1.54, 1.807) is 29.0 Å². The number of piperazine rings is 1. The first-order valence-corrected chi connectivity index (χ1v) is 12.0. The van der Waals surface area contributed by atoms with E-state index in [2.05, 4.69) is 5.32 Å². The van der Waals surface area contributed by atoms with E-state index in [9.17, 15) is 18.0 Å². The number of benzene rings is 2. The van der Waals surface area contributed by atoms with Crippen LogP contribution in [-0.4, -0.2) is 87.2 Å². The molecule has 1 fully saturated rings. The van der Waals surface area contributed by atoms with Crippen molar-refractivity contribution in [2.45, 2.75) is 18.2 Å². The van der Waals surface area contributed by atoms with E-state index in [0.29, 0.717) is 19.6 Å². The van der Waals surface area contributed by atoms with Gasteiger partial charge in [0.1, 0.15) is 0 Å². The van der Waals surface area contributed by atoms with Gasteiger partial charge in [-0.25, -0.2) is 8.42 Å². The van der Waals surface area contributed by atoms with Crippen LogP contribution in [0.15, 0.2) is 47.4 Å². The monoisotopic (exact) mass is 446 g/mol. The van der Waals surface area contributed by atoms with Crippen LogP contribution in [0.5, 0.6) is 0 Å². The molecule has 0 aliphatic carbocycles. The lowest BCUT2D eigenvalue weighted by Gasteiger charge is -2.34. The number of hydrogen-bond acceptors (Lipinski definition) is 5. The predicted octanol–water partition coefficient (Wildman–Crippen LogP) is 1.13. The van der Waals surface area contributed by atoms with Gasteiger partial charge in [-0.15, -0.1) is 0 Å². The highest BCUT2D eigenvalue weighted by Gasteiger charge is 2.30. The number of hydrogen-bond donors (Lipinski definition) is 1. The summed E-state index contributed by atoms with van der Waals surface area (Å²) in [5.74, 6) is -0.211. The van der Waals surface area contributed by atoms with Crippen molar-refractivity contribution < 1.29 is 18.0 Å². The minimum absolute atomic E-state index is 0.103. The molecule has 0 atom stereocenters. The Morgan fingerprint density at radius 2 is 1.68 bits per heavy atom. The second-order valence-corrected chi connectivity index (χ2v) is 9.75. The van der Waals surface area contributed by atoms with Gasteiger partial charge in [0.05, 0.1) is 18.0 Å². The highest BCUT2D eigenvalue weighted by molar-refractivity contribution is 7.89. The molecule has 8 nitrogen and oxygen atoms in total. The van der Waals surface area contributed by atoms with Gasteiger partial charge < -0.3 is 10.2 Å². The standard InChI is InChI=1S/C22H30N4O4S/c1-3-10-23-21(27)16-24(2)17-22(28)25-11-13-26(14-12-25)31(29,30)20-9-8-18-6-4-5-7-19(18)15-20/h4-9,15H,3,10-14,16-17H2,1-2H3,(H,23,27). The number of likely N-dealkylation sites (N-methyl/N-ethyl adjacent to an activating group) is 1. The molecule has 9 heteroatoms. The third-order valence-electron chi connectivity index (χ3n) is 5.34. The second kappa shape index (κ2) is 10.2. The fourth-order valence-corrected chi connectivity index (χ4v) is 5.07. The van der Waals surface area contributed by atoms with E-state index in [0.717, 1.165) is 17.2 Å². The summed E-state index contributed by atoms with van der Waals surface area (Å²) in [6.07, 6.45) is 0.862. The Kier molecular flexibility index (Phi) is 7.64. The Balaban J connectivity index is 1.55. The van der Waals surface area contributed by atoms with Crippen molar-refractivity contribution >= 4 is 32.6 Å². The molecule has 3 rings (SSSR count). The summed E-state index contributed by atoms with van der Waals surface area (Å²) in [5, 5.41) is 4.65. The summed E-state index contributed by atoms with van der Waals surface area (Å²) in [6, 6.07) is 12.8. The first-order chi connectivity index (χ1) is 14.8. The zero-order valence-electron chi connectivity index (χ0n) is 18.1. The lowest BCUT2D eigenvalue weighted by Crippen LogP contribution is -2.52. The van der Waals surface area contributed by atoms with Crippen LogP contribution in [0.2, 0.25) is 0 Å². The van der Waals surface area contributed by atoms with Gasteiger partial charge in [0.15, 0.2) is 0 Å². The Morgan fingerprint density at radius 1 is 1.00 bits per heavy atom. The molecule has 0 unspecified atom stereocenters. The molecule has 1 aliphatic heterocycles. The van der Waals surface area contributed by atoms with E-state index >= 15 is 0 Å². The topological polar surface area (TPSA) is 90.0 Å². The molecule has 1 saturated heterocycles. The smallest absolute Gasteiger partial charge is 0.243 e. The van der Waals surface area contributed by atoms with Crippen LogP contribution in [0.1, 0.15) is 13.3 Å². The quantitative estimate of drug-likeness (QED) is 0.657. The minimum atomic E-state index is -3.62.